The molecule has 3 saturated carbocycles. The predicted molar refractivity (Wildman–Crippen MR) is 125 cm³/mol. The molecule has 0 saturated heterocycles. The van der Waals surface area contributed by atoms with Crippen LogP contribution >= 0.6 is 0 Å². The van der Waals surface area contributed by atoms with Crippen molar-refractivity contribution < 1.29 is 19.0 Å². The molecule has 0 spiro atoms. The lowest BCUT2D eigenvalue weighted by Crippen LogP contribution is -2.59. The quantitative estimate of drug-likeness (QED) is 0.698. The highest BCUT2D eigenvalue weighted by Gasteiger charge is 2.57. The van der Waals surface area contributed by atoms with Crippen molar-refractivity contribution >= 4 is 11.5 Å². The van der Waals surface area contributed by atoms with Gasteiger partial charge in [-0.1, -0.05) is 26.3 Å². The molecule has 1 N–H and O–H groups in total. The van der Waals surface area contributed by atoms with Crippen LogP contribution in [-0.4, -0.2) is 33.3 Å². The van der Waals surface area contributed by atoms with Crippen LogP contribution in [0.3, 0.4) is 0 Å². The van der Waals surface area contributed by atoms with Gasteiger partial charge in [0.2, 0.25) is 5.75 Å². The summed E-state index contributed by atoms with van der Waals surface area (Å²) in [6.45, 7) is 4.93. The van der Waals surface area contributed by atoms with Crippen molar-refractivity contribution in [2.24, 2.45) is 28.6 Å². The Hall–Kier alpha value is -2.17. The van der Waals surface area contributed by atoms with Gasteiger partial charge in [0.05, 0.1) is 21.3 Å². The van der Waals surface area contributed by atoms with Crippen LogP contribution in [0.4, 0.5) is 0 Å². The molecule has 1 heterocycles. The second kappa shape index (κ2) is 7.71. The summed E-state index contributed by atoms with van der Waals surface area (Å²) >= 11 is 0. The van der Waals surface area contributed by atoms with Crippen molar-refractivity contribution in [1.29, 1.82) is 0 Å². The van der Waals surface area contributed by atoms with Gasteiger partial charge < -0.3 is 19.5 Å². The van der Waals surface area contributed by atoms with Gasteiger partial charge in [-0.25, -0.2) is 0 Å². The van der Waals surface area contributed by atoms with Gasteiger partial charge in [-0.2, -0.15) is 0 Å². The molecule has 0 radical (unpaired) electrons. The molecule has 5 heteroatoms. The number of hydrogen-bond acceptors (Lipinski definition) is 4. The zero-order chi connectivity index (χ0) is 22.7. The van der Waals surface area contributed by atoms with Crippen molar-refractivity contribution in [3.05, 3.63) is 23.8 Å². The highest BCUT2D eigenvalue weighted by atomic mass is 16.5. The molecule has 3 fully saturated rings. The molecule has 0 bridgehead atoms. The van der Waals surface area contributed by atoms with E-state index in [4.69, 9.17) is 14.2 Å². The molecule has 32 heavy (non-hydrogen) atoms. The highest BCUT2D eigenvalue weighted by molar-refractivity contribution is 6.20. The smallest absolute Gasteiger partial charge is 0.251 e. The summed E-state index contributed by atoms with van der Waals surface area (Å²) < 4.78 is 16.6. The SMILES string of the molecule is COc1cc(C2=C[C@@]3(C)[C@@H](CC[C@H]4[C@@H]5CCC[C@@]5(C)CC[C@@H]43)NC2=O)cc(OC)c1OC. The number of carbonyl (C=O) groups excluding carboxylic acids is 1. The van der Waals surface area contributed by atoms with Gasteiger partial charge in [0.25, 0.3) is 5.91 Å². The molecular weight excluding hydrogens is 402 g/mol. The van der Waals surface area contributed by atoms with Crippen LogP contribution in [0, 0.1) is 28.6 Å². The molecule has 0 unspecified atom stereocenters. The second-order valence-electron chi connectivity index (χ2n) is 10.9. The lowest BCUT2D eigenvalue weighted by molar-refractivity contribution is -0.120. The average Bonchev–Trinajstić information content (AvgIpc) is 3.20. The number of fused-ring (bicyclic) bond motifs is 5. The van der Waals surface area contributed by atoms with Crippen molar-refractivity contribution in [3.8, 4) is 17.2 Å². The minimum absolute atomic E-state index is 0.00159. The zero-order valence-electron chi connectivity index (χ0n) is 20.1. The number of amides is 1. The van der Waals surface area contributed by atoms with E-state index < -0.39 is 0 Å². The molecule has 1 amide bonds. The fraction of sp³-hybridized carbons (Fsp3) is 0.667. The lowest BCUT2D eigenvalue weighted by Gasteiger charge is -2.58. The molecular formula is C27H37NO4. The monoisotopic (exact) mass is 439 g/mol. The van der Waals surface area contributed by atoms with Crippen molar-refractivity contribution in [2.75, 3.05) is 21.3 Å². The fourth-order valence-electron chi connectivity index (χ4n) is 7.88. The molecule has 1 aromatic rings. The maximum absolute atomic E-state index is 13.2. The van der Waals surface area contributed by atoms with E-state index in [-0.39, 0.29) is 17.4 Å². The van der Waals surface area contributed by atoms with Crippen LogP contribution in [-0.2, 0) is 4.79 Å². The standard InChI is InChI=1S/C27H37NO4/c1-26-11-6-7-19(26)17-8-9-23-27(2,20(17)10-12-26)15-18(25(29)28-23)16-13-21(30-3)24(32-5)22(14-16)31-4/h13-15,17,19-20,23H,6-12H2,1-5H3,(H,28,29)/t17-,19-,20-,23+,26-,27+/m0/s1. The van der Waals surface area contributed by atoms with Crippen LogP contribution < -0.4 is 19.5 Å². The normalized spacial score (nSPS) is 38.0. The zero-order valence-corrected chi connectivity index (χ0v) is 20.1. The molecule has 3 aliphatic carbocycles. The minimum atomic E-state index is -0.0313. The maximum atomic E-state index is 13.2. The molecule has 174 valence electrons. The van der Waals surface area contributed by atoms with Crippen molar-refractivity contribution in [2.45, 2.75) is 64.8 Å². The van der Waals surface area contributed by atoms with Gasteiger partial charge in [-0.3, -0.25) is 4.79 Å². The summed E-state index contributed by atoms with van der Waals surface area (Å²) in [7, 11) is 4.82. The molecule has 0 aromatic heterocycles. The van der Waals surface area contributed by atoms with Crippen LogP contribution in [0.15, 0.2) is 18.2 Å². The summed E-state index contributed by atoms with van der Waals surface area (Å²) in [6, 6.07) is 4.00. The molecule has 1 aromatic carbocycles. The van der Waals surface area contributed by atoms with E-state index in [1.807, 2.05) is 12.1 Å². The van der Waals surface area contributed by atoms with E-state index in [0.29, 0.717) is 28.6 Å². The van der Waals surface area contributed by atoms with Gasteiger partial charge >= 0.3 is 0 Å². The Bertz CT molecular complexity index is 930. The Kier molecular flexibility index (Phi) is 5.22. The Morgan fingerprint density at radius 3 is 2.28 bits per heavy atom. The Morgan fingerprint density at radius 2 is 1.62 bits per heavy atom. The molecule has 1 aliphatic heterocycles. The first-order chi connectivity index (χ1) is 15.3. The second-order valence-corrected chi connectivity index (χ2v) is 10.9. The maximum Gasteiger partial charge on any atom is 0.251 e. The first-order valence-corrected chi connectivity index (χ1v) is 12.2. The van der Waals surface area contributed by atoms with E-state index in [1.165, 1.54) is 38.5 Å². The Morgan fingerprint density at radius 1 is 0.906 bits per heavy atom. The predicted octanol–water partition coefficient (Wildman–Crippen LogP) is 5.23. The number of methoxy groups -OCH3 is 3. The lowest BCUT2D eigenvalue weighted by atomic mass is 9.48. The topological polar surface area (TPSA) is 56.8 Å². The van der Waals surface area contributed by atoms with Gasteiger partial charge in [0, 0.05) is 17.0 Å². The summed E-state index contributed by atoms with van der Waals surface area (Å²) in [5.41, 5.74) is 2.05. The first-order valence-electron chi connectivity index (χ1n) is 12.2. The molecule has 6 atom stereocenters. The fourth-order valence-corrected chi connectivity index (χ4v) is 7.88. The number of nitrogens with one attached hydrogen (secondary N) is 1. The van der Waals surface area contributed by atoms with Crippen LogP contribution in [0.25, 0.3) is 5.57 Å². The van der Waals surface area contributed by atoms with Crippen molar-refractivity contribution in [3.63, 3.8) is 0 Å². The number of benzene rings is 1. The van der Waals surface area contributed by atoms with E-state index >= 15 is 0 Å². The van der Waals surface area contributed by atoms with Gasteiger partial charge in [-0.05, 0) is 79.4 Å². The average molecular weight is 440 g/mol. The number of carbonyl (C=O) groups is 1. The largest absolute Gasteiger partial charge is 0.493 e. The van der Waals surface area contributed by atoms with Gasteiger partial charge in [-0.15, -0.1) is 0 Å². The Labute approximate surface area is 191 Å². The van der Waals surface area contributed by atoms with E-state index in [2.05, 4.69) is 25.2 Å². The number of hydrogen-bond donors (Lipinski definition) is 1. The molecule has 4 aliphatic rings. The van der Waals surface area contributed by atoms with Gasteiger partial charge in [0.15, 0.2) is 11.5 Å². The molecule has 5 rings (SSSR count). The summed E-state index contributed by atoms with van der Waals surface area (Å²) in [4.78, 5) is 13.2. The van der Waals surface area contributed by atoms with E-state index in [1.54, 1.807) is 21.3 Å². The third-order valence-electron chi connectivity index (χ3n) is 9.54. The highest BCUT2D eigenvalue weighted by Crippen LogP contribution is 2.63. The van der Waals surface area contributed by atoms with E-state index in [0.717, 1.165) is 29.4 Å². The Balaban J connectivity index is 1.57. The summed E-state index contributed by atoms with van der Waals surface area (Å²) in [5.74, 6) is 3.93. The number of ether oxygens (including phenoxy) is 3. The van der Waals surface area contributed by atoms with E-state index in [9.17, 15) is 4.79 Å². The first kappa shape index (κ1) is 21.7. The summed E-state index contributed by atoms with van der Waals surface area (Å²) in [5, 5.41) is 3.39. The minimum Gasteiger partial charge on any atom is -0.493 e. The van der Waals surface area contributed by atoms with Gasteiger partial charge in [0.1, 0.15) is 0 Å². The summed E-state index contributed by atoms with van der Waals surface area (Å²) in [6.07, 6.45) is 11.4. The third kappa shape index (κ3) is 3.07. The van der Waals surface area contributed by atoms with Crippen molar-refractivity contribution in [1.82, 2.24) is 5.32 Å². The van der Waals surface area contributed by atoms with Crippen LogP contribution in [0.5, 0.6) is 17.2 Å². The van der Waals surface area contributed by atoms with Crippen LogP contribution in [0.2, 0.25) is 0 Å². The van der Waals surface area contributed by atoms with Crippen LogP contribution in [0.1, 0.15) is 64.4 Å². The number of rotatable bonds is 4. The third-order valence-corrected chi connectivity index (χ3v) is 9.54. The molecule has 5 nitrogen and oxygen atoms in total.